The van der Waals surface area contributed by atoms with Crippen molar-refractivity contribution in [2.75, 3.05) is 0 Å². The Morgan fingerprint density at radius 3 is 2.83 bits per heavy atom. The number of benzene rings is 1. The Kier molecular flexibility index (Phi) is 3.13. The van der Waals surface area contributed by atoms with Crippen molar-refractivity contribution in [3.05, 3.63) is 35.5 Å². The third-order valence-electron chi connectivity index (χ3n) is 4.48. The number of nitrogens with one attached hydrogen (secondary N) is 1. The van der Waals surface area contributed by atoms with E-state index in [0.717, 1.165) is 6.42 Å². The molecule has 1 aliphatic rings. The molecule has 1 saturated carbocycles. The van der Waals surface area contributed by atoms with Gasteiger partial charge < -0.3 is 10.7 Å². The number of hydrogen-bond acceptors (Lipinski definition) is 1. The molecule has 2 nitrogen and oxygen atoms in total. The minimum absolute atomic E-state index is 0.202. The van der Waals surface area contributed by atoms with Crippen molar-refractivity contribution in [2.24, 2.45) is 11.7 Å². The SMILES string of the molecule is CCc1cccc2c(C(N)C3CCCC3)c[nH]c12. The fourth-order valence-electron chi connectivity index (χ4n) is 3.38. The molecule has 1 aromatic heterocycles. The van der Waals surface area contributed by atoms with Crippen LogP contribution in [0.15, 0.2) is 24.4 Å². The number of rotatable bonds is 3. The molecule has 1 heterocycles. The Hall–Kier alpha value is -1.28. The quantitative estimate of drug-likeness (QED) is 0.841. The summed E-state index contributed by atoms with van der Waals surface area (Å²) in [5.74, 6) is 0.675. The van der Waals surface area contributed by atoms with E-state index in [1.807, 2.05) is 0 Å². The van der Waals surface area contributed by atoms with Crippen LogP contribution < -0.4 is 5.73 Å². The molecule has 96 valence electrons. The van der Waals surface area contributed by atoms with Gasteiger partial charge in [0.2, 0.25) is 0 Å². The fourth-order valence-corrected chi connectivity index (χ4v) is 3.38. The topological polar surface area (TPSA) is 41.8 Å². The van der Waals surface area contributed by atoms with Crippen LogP contribution in [0.3, 0.4) is 0 Å². The second-order valence-corrected chi connectivity index (χ2v) is 5.51. The number of nitrogens with two attached hydrogens (primary N) is 1. The van der Waals surface area contributed by atoms with Crippen LogP contribution in [0.5, 0.6) is 0 Å². The average molecular weight is 242 g/mol. The summed E-state index contributed by atoms with van der Waals surface area (Å²) in [5, 5.41) is 1.33. The van der Waals surface area contributed by atoms with Crippen LogP contribution in [0.1, 0.15) is 49.8 Å². The van der Waals surface area contributed by atoms with E-state index in [2.05, 4.69) is 36.3 Å². The molecule has 0 radical (unpaired) electrons. The summed E-state index contributed by atoms with van der Waals surface area (Å²) in [6, 6.07) is 6.76. The number of aromatic amines is 1. The van der Waals surface area contributed by atoms with Crippen LogP contribution in [0, 0.1) is 5.92 Å². The number of aryl methyl sites for hydroxylation is 1. The van der Waals surface area contributed by atoms with Gasteiger partial charge in [-0.15, -0.1) is 0 Å². The molecule has 0 saturated heterocycles. The molecule has 0 bridgehead atoms. The molecule has 18 heavy (non-hydrogen) atoms. The zero-order chi connectivity index (χ0) is 12.5. The Bertz CT molecular complexity index is 535. The second kappa shape index (κ2) is 4.77. The number of H-pyrrole nitrogens is 1. The van der Waals surface area contributed by atoms with Gasteiger partial charge in [0, 0.05) is 23.1 Å². The highest BCUT2D eigenvalue weighted by atomic mass is 14.7. The van der Waals surface area contributed by atoms with Crippen molar-refractivity contribution in [3.8, 4) is 0 Å². The summed E-state index contributed by atoms with van der Waals surface area (Å²) in [6.45, 7) is 2.20. The molecule has 1 aliphatic carbocycles. The van der Waals surface area contributed by atoms with Crippen LogP contribution >= 0.6 is 0 Å². The minimum Gasteiger partial charge on any atom is -0.361 e. The van der Waals surface area contributed by atoms with Gasteiger partial charge in [-0.25, -0.2) is 0 Å². The van der Waals surface area contributed by atoms with E-state index in [9.17, 15) is 0 Å². The third-order valence-corrected chi connectivity index (χ3v) is 4.48. The van der Waals surface area contributed by atoms with Gasteiger partial charge in [0.05, 0.1) is 0 Å². The van der Waals surface area contributed by atoms with Crippen molar-refractivity contribution in [2.45, 2.75) is 45.1 Å². The number of para-hydroxylation sites is 1. The lowest BCUT2D eigenvalue weighted by atomic mass is 9.92. The van der Waals surface area contributed by atoms with Gasteiger partial charge in [-0.05, 0) is 36.3 Å². The zero-order valence-corrected chi connectivity index (χ0v) is 11.1. The first-order chi connectivity index (χ1) is 8.81. The second-order valence-electron chi connectivity index (χ2n) is 5.51. The maximum Gasteiger partial charge on any atom is 0.0489 e. The van der Waals surface area contributed by atoms with Crippen LogP contribution in [0.4, 0.5) is 0 Å². The first-order valence-electron chi connectivity index (χ1n) is 7.15. The normalized spacial score (nSPS) is 18.6. The Morgan fingerprint density at radius 2 is 2.11 bits per heavy atom. The highest BCUT2D eigenvalue weighted by Gasteiger charge is 2.25. The monoisotopic (exact) mass is 242 g/mol. The molecule has 0 aliphatic heterocycles. The molecule has 3 N–H and O–H groups in total. The predicted octanol–water partition coefficient (Wildman–Crippen LogP) is 3.92. The lowest BCUT2D eigenvalue weighted by molar-refractivity contribution is 0.447. The van der Waals surface area contributed by atoms with Crippen LogP contribution in [-0.2, 0) is 6.42 Å². The maximum absolute atomic E-state index is 6.48. The standard InChI is InChI=1S/C16H22N2/c1-2-11-8-5-9-13-14(10-18-16(11)13)15(17)12-6-3-4-7-12/h5,8-10,12,15,18H,2-4,6-7,17H2,1H3. The van der Waals surface area contributed by atoms with E-state index >= 15 is 0 Å². The molecule has 1 aromatic carbocycles. The first kappa shape index (κ1) is 11.8. The van der Waals surface area contributed by atoms with Crippen LogP contribution in [0.2, 0.25) is 0 Å². The third kappa shape index (κ3) is 1.85. The number of fused-ring (bicyclic) bond motifs is 1. The van der Waals surface area contributed by atoms with Gasteiger partial charge in [0.1, 0.15) is 0 Å². The highest BCUT2D eigenvalue weighted by molar-refractivity contribution is 5.86. The summed E-state index contributed by atoms with van der Waals surface area (Å²) in [7, 11) is 0. The molecular formula is C16H22N2. The van der Waals surface area contributed by atoms with Crippen molar-refractivity contribution in [3.63, 3.8) is 0 Å². The fraction of sp³-hybridized carbons (Fsp3) is 0.500. The molecule has 1 unspecified atom stereocenters. The van der Waals surface area contributed by atoms with E-state index < -0.39 is 0 Å². The summed E-state index contributed by atoms with van der Waals surface area (Å²) < 4.78 is 0. The molecule has 2 aromatic rings. The average Bonchev–Trinajstić information content (AvgIpc) is 3.06. The minimum atomic E-state index is 0.202. The van der Waals surface area contributed by atoms with Crippen molar-refractivity contribution < 1.29 is 0 Å². The van der Waals surface area contributed by atoms with E-state index in [-0.39, 0.29) is 6.04 Å². The summed E-state index contributed by atoms with van der Waals surface area (Å²) in [5.41, 5.74) is 10.5. The van der Waals surface area contributed by atoms with Crippen molar-refractivity contribution in [1.82, 2.24) is 4.98 Å². The lowest BCUT2D eigenvalue weighted by Crippen LogP contribution is -2.18. The van der Waals surface area contributed by atoms with E-state index in [1.54, 1.807) is 0 Å². The number of hydrogen-bond donors (Lipinski definition) is 2. The van der Waals surface area contributed by atoms with Crippen molar-refractivity contribution in [1.29, 1.82) is 0 Å². The molecule has 0 spiro atoms. The molecule has 0 amide bonds. The van der Waals surface area contributed by atoms with Crippen LogP contribution in [-0.4, -0.2) is 4.98 Å². The smallest absolute Gasteiger partial charge is 0.0489 e. The highest BCUT2D eigenvalue weighted by Crippen LogP contribution is 2.37. The Labute approximate surface area is 109 Å². The van der Waals surface area contributed by atoms with Gasteiger partial charge in [0.15, 0.2) is 0 Å². The summed E-state index contributed by atoms with van der Waals surface area (Å²) in [4.78, 5) is 3.43. The van der Waals surface area contributed by atoms with Gasteiger partial charge in [-0.2, -0.15) is 0 Å². The molecule has 2 heteroatoms. The molecule has 1 fully saturated rings. The molecule has 1 atom stereocenters. The van der Waals surface area contributed by atoms with Crippen molar-refractivity contribution >= 4 is 10.9 Å². The van der Waals surface area contributed by atoms with E-state index in [0.29, 0.717) is 5.92 Å². The molecule has 3 rings (SSSR count). The predicted molar refractivity (Wildman–Crippen MR) is 76.6 cm³/mol. The maximum atomic E-state index is 6.48. The van der Waals surface area contributed by atoms with Gasteiger partial charge in [-0.1, -0.05) is 38.0 Å². The largest absolute Gasteiger partial charge is 0.361 e. The number of aromatic nitrogens is 1. The zero-order valence-electron chi connectivity index (χ0n) is 11.1. The van der Waals surface area contributed by atoms with Gasteiger partial charge in [-0.3, -0.25) is 0 Å². The Morgan fingerprint density at radius 1 is 1.33 bits per heavy atom. The van der Waals surface area contributed by atoms with Gasteiger partial charge >= 0.3 is 0 Å². The van der Waals surface area contributed by atoms with Gasteiger partial charge in [0.25, 0.3) is 0 Å². The Balaban J connectivity index is 2.01. The van der Waals surface area contributed by atoms with E-state index in [1.165, 1.54) is 47.7 Å². The van der Waals surface area contributed by atoms with Crippen LogP contribution in [0.25, 0.3) is 10.9 Å². The van der Waals surface area contributed by atoms with E-state index in [4.69, 9.17) is 5.73 Å². The first-order valence-corrected chi connectivity index (χ1v) is 7.15. The lowest BCUT2D eigenvalue weighted by Gasteiger charge is -2.18. The summed E-state index contributed by atoms with van der Waals surface area (Å²) in [6.07, 6.45) is 8.48. The molecular weight excluding hydrogens is 220 g/mol. The summed E-state index contributed by atoms with van der Waals surface area (Å²) >= 11 is 0.